The number of hydrogen-bond acceptors (Lipinski definition) is 5. The number of amides is 1. The lowest BCUT2D eigenvalue weighted by molar-refractivity contribution is -0.137. The van der Waals surface area contributed by atoms with Gasteiger partial charge in [-0.3, -0.25) is 9.10 Å². The first kappa shape index (κ1) is 21.4. The smallest absolute Gasteiger partial charge is 0.416 e. The third-order valence-electron chi connectivity index (χ3n) is 5.29. The van der Waals surface area contributed by atoms with Gasteiger partial charge in [-0.2, -0.15) is 13.2 Å². The monoisotopic (exact) mass is 456 g/mol. The van der Waals surface area contributed by atoms with Crippen LogP contribution in [0.25, 0.3) is 11.1 Å². The number of hydrogen-bond donors (Lipinski definition) is 2. The minimum Gasteiger partial charge on any atom is -0.508 e. The van der Waals surface area contributed by atoms with Gasteiger partial charge in [0.1, 0.15) is 12.3 Å². The number of rotatable bonds is 3. The summed E-state index contributed by atoms with van der Waals surface area (Å²) in [6.07, 6.45) is -3.46. The quantitative estimate of drug-likeness (QED) is 0.741. The number of phenols is 1. The highest BCUT2D eigenvalue weighted by atomic mass is 32.2. The molecule has 2 aliphatic rings. The van der Waals surface area contributed by atoms with Crippen LogP contribution in [-0.4, -0.2) is 45.2 Å². The lowest BCUT2D eigenvalue weighted by Gasteiger charge is -2.33. The SMILES string of the molecule is O=C(CN1c2ccc(C(F)(F)F)cc2-c2ccc(O)cc2S1(=O)=O)NC1CCOCC1. The van der Waals surface area contributed by atoms with Crippen LogP contribution in [0.1, 0.15) is 18.4 Å². The van der Waals surface area contributed by atoms with Crippen molar-refractivity contribution in [2.24, 2.45) is 0 Å². The van der Waals surface area contributed by atoms with E-state index in [0.717, 1.165) is 28.6 Å². The number of benzene rings is 2. The van der Waals surface area contributed by atoms with Crippen LogP contribution < -0.4 is 9.62 Å². The maximum atomic E-state index is 13.3. The fourth-order valence-electron chi connectivity index (χ4n) is 3.76. The summed E-state index contributed by atoms with van der Waals surface area (Å²) >= 11 is 0. The first-order chi connectivity index (χ1) is 14.6. The first-order valence-corrected chi connectivity index (χ1v) is 11.0. The van der Waals surface area contributed by atoms with E-state index in [9.17, 15) is 31.5 Å². The van der Waals surface area contributed by atoms with Gasteiger partial charge in [0.25, 0.3) is 10.0 Å². The summed E-state index contributed by atoms with van der Waals surface area (Å²) in [5, 5.41) is 12.5. The second-order valence-corrected chi connectivity index (χ2v) is 9.21. The van der Waals surface area contributed by atoms with Crippen molar-refractivity contribution in [3.8, 4) is 16.9 Å². The molecule has 0 unspecified atom stereocenters. The van der Waals surface area contributed by atoms with E-state index in [0.29, 0.717) is 26.1 Å². The summed E-state index contributed by atoms with van der Waals surface area (Å²) in [6, 6.07) is 5.93. The molecule has 0 atom stereocenters. The lowest BCUT2D eigenvalue weighted by Crippen LogP contribution is -2.46. The van der Waals surface area contributed by atoms with E-state index in [2.05, 4.69) is 5.32 Å². The van der Waals surface area contributed by atoms with Crippen molar-refractivity contribution in [3.63, 3.8) is 0 Å². The Kier molecular flexibility index (Phi) is 5.34. The zero-order valence-corrected chi connectivity index (χ0v) is 17.0. The molecular weight excluding hydrogens is 437 g/mol. The zero-order chi connectivity index (χ0) is 22.4. The number of nitrogens with zero attached hydrogens (tertiary/aromatic N) is 1. The Hall–Kier alpha value is -2.79. The normalized spacial score (nSPS) is 18.2. The molecular formula is C20H19F3N2O5S. The predicted molar refractivity (Wildman–Crippen MR) is 105 cm³/mol. The molecule has 2 N–H and O–H groups in total. The second-order valence-electron chi connectivity index (χ2n) is 7.38. The molecule has 0 saturated carbocycles. The van der Waals surface area contributed by atoms with Crippen LogP contribution in [0, 0.1) is 0 Å². The molecule has 0 spiro atoms. The molecule has 166 valence electrons. The first-order valence-electron chi connectivity index (χ1n) is 9.52. The average molecular weight is 456 g/mol. The molecule has 0 radical (unpaired) electrons. The largest absolute Gasteiger partial charge is 0.508 e. The highest BCUT2D eigenvalue weighted by Gasteiger charge is 2.39. The number of fused-ring (bicyclic) bond motifs is 3. The van der Waals surface area contributed by atoms with E-state index in [1.165, 1.54) is 12.1 Å². The van der Waals surface area contributed by atoms with Crippen LogP contribution in [0.15, 0.2) is 41.3 Å². The maximum Gasteiger partial charge on any atom is 0.416 e. The fourth-order valence-corrected chi connectivity index (χ4v) is 5.42. The summed E-state index contributed by atoms with van der Waals surface area (Å²) in [5.41, 5.74) is -0.942. The molecule has 0 aliphatic carbocycles. The molecule has 2 aliphatic heterocycles. The van der Waals surface area contributed by atoms with Crippen LogP contribution >= 0.6 is 0 Å². The molecule has 1 amide bonds. The number of ether oxygens (including phenoxy) is 1. The molecule has 11 heteroatoms. The Morgan fingerprint density at radius 2 is 1.84 bits per heavy atom. The Balaban J connectivity index is 1.76. The third-order valence-corrected chi connectivity index (χ3v) is 7.09. The number of phenolic OH excluding ortho intramolecular Hbond substituents is 1. The number of sulfonamides is 1. The van der Waals surface area contributed by atoms with Crippen molar-refractivity contribution < 1.29 is 36.2 Å². The van der Waals surface area contributed by atoms with Crippen LogP contribution in [0.4, 0.5) is 18.9 Å². The number of alkyl halides is 3. The van der Waals surface area contributed by atoms with Crippen molar-refractivity contribution >= 4 is 21.6 Å². The van der Waals surface area contributed by atoms with Gasteiger partial charge < -0.3 is 15.2 Å². The highest BCUT2D eigenvalue weighted by Crippen LogP contribution is 2.46. The predicted octanol–water partition coefficient (Wildman–Crippen LogP) is 2.88. The summed E-state index contributed by atoms with van der Waals surface area (Å²) in [4.78, 5) is 12.2. The number of anilines is 1. The molecule has 1 saturated heterocycles. The van der Waals surface area contributed by atoms with E-state index in [-0.39, 0.29) is 33.5 Å². The Bertz CT molecular complexity index is 1130. The molecule has 0 aromatic heterocycles. The average Bonchev–Trinajstić information content (AvgIpc) is 2.71. The summed E-state index contributed by atoms with van der Waals surface area (Å²) in [6.45, 7) is 0.346. The van der Waals surface area contributed by atoms with Gasteiger partial charge in [-0.05, 0) is 43.2 Å². The van der Waals surface area contributed by atoms with Crippen molar-refractivity contribution in [3.05, 3.63) is 42.0 Å². The summed E-state index contributed by atoms with van der Waals surface area (Å²) < 4.78 is 72.3. The topological polar surface area (TPSA) is 95.9 Å². The molecule has 31 heavy (non-hydrogen) atoms. The standard InChI is InChI=1S/C20H19F3N2O5S/c21-20(22,23)12-1-4-17-16(9-12)15-3-2-14(26)10-18(15)31(28,29)25(17)11-19(27)24-13-5-7-30-8-6-13/h1-4,9-10,13,26H,5-8,11H2,(H,24,27). The maximum absolute atomic E-state index is 13.3. The Labute approximate surface area is 176 Å². The van der Waals surface area contributed by atoms with Gasteiger partial charge in [0.05, 0.1) is 16.1 Å². The number of carbonyl (C=O) groups excluding carboxylic acids is 1. The van der Waals surface area contributed by atoms with Crippen molar-refractivity contribution in [2.45, 2.75) is 30.0 Å². The molecule has 7 nitrogen and oxygen atoms in total. The van der Waals surface area contributed by atoms with Crippen LogP contribution in [0.2, 0.25) is 0 Å². The molecule has 2 aromatic carbocycles. The van der Waals surface area contributed by atoms with Crippen LogP contribution in [0.5, 0.6) is 5.75 Å². The highest BCUT2D eigenvalue weighted by molar-refractivity contribution is 7.93. The number of aromatic hydroxyl groups is 1. The van der Waals surface area contributed by atoms with Gasteiger partial charge in [-0.15, -0.1) is 0 Å². The minimum absolute atomic E-state index is 0.0125. The van der Waals surface area contributed by atoms with Gasteiger partial charge in [-0.25, -0.2) is 8.42 Å². The Morgan fingerprint density at radius 3 is 2.52 bits per heavy atom. The van der Waals surface area contributed by atoms with E-state index in [4.69, 9.17) is 4.74 Å². The second kappa shape index (κ2) is 7.72. The minimum atomic E-state index is -4.63. The van der Waals surface area contributed by atoms with E-state index >= 15 is 0 Å². The molecule has 2 heterocycles. The summed E-state index contributed by atoms with van der Waals surface area (Å²) in [7, 11) is -4.30. The number of halogens is 3. The van der Waals surface area contributed by atoms with Crippen LogP contribution in [-0.2, 0) is 25.7 Å². The van der Waals surface area contributed by atoms with Gasteiger partial charge in [0, 0.05) is 36.4 Å². The van der Waals surface area contributed by atoms with E-state index < -0.39 is 34.2 Å². The third kappa shape index (κ3) is 4.07. The van der Waals surface area contributed by atoms with Gasteiger partial charge in [0.15, 0.2) is 0 Å². The van der Waals surface area contributed by atoms with E-state index in [1.807, 2.05) is 0 Å². The van der Waals surface area contributed by atoms with Gasteiger partial charge >= 0.3 is 6.18 Å². The van der Waals surface area contributed by atoms with Crippen molar-refractivity contribution in [1.82, 2.24) is 5.32 Å². The lowest BCUT2D eigenvalue weighted by atomic mass is 10.00. The fraction of sp³-hybridized carbons (Fsp3) is 0.350. The molecule has 4 rings (SSSR count). The van der Waals surface area contributed by atoms with Crippen molar-refractivity contribution in [2.75, 3.05) is 24.1 Å². The van der Waals surface area contributed by atoms with Crippen LogP contribution in [0.3, 0.4) is 0 Å². The molecule has 1 fully saturated rings. The Morgan fingerprint density at radius 1 is 1.13 bits per heavy atom. The number of carbonyl (C=O) groups is 1. The van der Waals surface area contributed by atoms with Gasteiger partial charge in [-0.1, -0.05) is 0 Å². The summed E-state index contributed by atoms with van der Waals surface area (Å²) in [5.74, 6) is -0.936. The van der Waals surface area contributed by atoms with Gasteiger partial charge in [0.2, 0.25) is 5.91 Å². The van der Waals surface area contributed by atoms with Crippen molar-refractivity contribution in [1.29, 1.82) is 0 Å². The zero-order valence-electron chi connectivity index (χ0n) is 16.1. The number of nitrogens with one attached hydrogen (secondary N) is 1. The van der Waals surface area contributed by atoms with E-state index in [1.54, 1.807) is 0 Å². The molecule has 2 aromatic rings. The molecule has 0 bridgehead atoms.